The zero-order valence-electron chi connectivity index (χ0n) is 19.0. The molecule has 0 bridgehead atoms. The lowest BCUT2D eigenvalue weighted by molar-refractivity contribution is -0.138. The average molecular weight is 493 g/mol. The molecule has 178 valence electrons. The Kier molecular flexibility index (Phi) is 7.12. The molecule has 0 atom stereocenters. The van der Waals surface area contributed by atoms with E-state index in [-0.39, 0.29) is 40.9 Å². The second kappa shape index (κ2) is 9.72. The van der Waals surface area contributed by atoms with Crippen LogP contribution in [0.3, 0.4) is 0 Å². The van der Waals surface area contributed by atoms with Crippen molar-refractivity contribution in [1.82, 2.24) is 9.21 Å². The number of hydrogen-bond acceptors (Lipinski definition) is 3. The van der Waals surface area contributed by atoms with Gasteiger partial charge in [-0.3, -0.25) is 4.79 Å². The van der Waals surface area contributed by atoms with E-state index in [1.807, 2.05) is 4.90 Å². The van der Waals surface area contributed by atoms with Crippen molar-refractivity contribution in [3.05, 3.63) is 64.4 Å². The van der Waals surface area contributed by atoms with E-state index in [4.69, 9.17) is 11.6 Å². The summed E-state index contributed by atoms with van der Waals surface area (Å²) in [6.45, 7) is 5.43. The Hall–Kier alpha value is -1.96. The first-order valence-electron chi connectivity index (χ1n) is 11.5. The number of rotatable bonds is 7. The molecular weight excluding hydrogens is 463 g/mol. The molecule has 0 unspecified atom stereocenters. The van der Waals surface area contributed by atoms with Crippen molar-refractivity contribution in [3.63, 3.8) is 0 Å². The van der Waals surface area contributed by atoms with E-state index in [0.717, 1.165) is 30.5 Å². The molecule has 1 aliphatic heterocycles. The molecule has 2 aromatic rings. The highest BCUT2D eigenvalue weighted by Crippen LogP contribution is 2.33. The SMILES string of the molecule is CC(C)c1ccc(CN(C(=O)C2CCN(S(=O)(=O)c3ccc(F)c(Cl)c3)CC2)C2CC2)cc1. The minimum Gasteiger partial charge on any atom is -0.335 e. The van der Waals surface area contributed by atoms with Gasteiger partial charge in [-0.15, -0.1) is 0 Å². The van der Waals surface area contributed by atoms with E-state index >= 15 is 0 Å². The number of piperidine rings is 1. The summed E-state index contributed by atoms with van der Waals surface area (Å²) in [5, 5.41) is -0.220. The van der Waals surface area contributed by atoms with Gasteiger partial charge in [0.1, 0.15) is 5.82 Å². The number of nitrogens with zero attached hydrogens (tertiary/aromatic N) is 2. The van der Waals surface area contributed by atoms with E-state index in [0.29, 0.717) is 25.3 Å². The Morgan fingerprint density at radius 2 is 1.73 bits per heavy atom. The summed E-state index contributed by atoms with van der Waals surface area (Å²) in [5.41, 5.74) is 2.40. The first-order valence-corrected chi connectivity index (χ1v) is 13.3. The summed E-state index contributed by atoms with van der Waals surface area (Å²) in [6, 6.07) is 12.2. The largest absolute Gasteiger partial charge is 0.335 e. The van der Waals surface area contributed by atoms with Crippen LogP contribution in [-0.4, -0.2) is 42.7 Å². The monoisotopic (exact) mass is 492 g/mol. The molecule has 1 aliphatic carbocycles. The third-order valence-corrected chi connectivity index (χ3v) is 8.79. The molecule has 5 nitrogen and oxygen atoms in total. The Bertz CT molecular complexity index is 1110. The highest BCUT2D eigenvalue weighted by Gasteiger charge is 2.38. The van der Waals surface area contributed by atoms with Gasteiger partial charge in [-0.2, -0.15) is 4.31 Å². The first-order chi connectivity index (χ1) is 15.7. The van der Waals surface area contributed by atoms with Gasteiger partial charge in [0.05, 0.1) is 9.92 Å². The van der Waals surface area contributed by atoms with Crippen LogP contribution in [0.5, 0.6) is 0 Å². The summed E-state index contributed by atoms with van der Waals surface area (Å²) in [7, 11) is -3.78. The van der Waals surface area contributed by atoms with E-state index < -0.39 is 15.8 Å². The van der Waals surface area contributed by atoms with Crippen LogP contribution >= 0.6 is 11.6 Å². The molecule has 1 heterocycles. The number of hydrogen-bond donors (Lipinski definition) is 0. The highest BCUT2D eigenvalue weighted by atomic mass is 35.5. The maximum atomic E-state index is 13.4. The van der Waals surface area contributed by atoms with Crippen LogP contribution in [0.15, 0.2) is 47.4 Å². The number of sulfonamides is 1. The summed E-state index contributed by atoms with van der Waals surface area (Å²) in [6.07, 6.45) is 2.99. The van der Waals surface area contributed by atoms with E-state index in [1.54, 1.807) is 0 Å². The van der Waals surface area contributed by atoms with Gasteiger partial charge in [-0.05, 0) is 60.9 Å². The minimum atomic E-state index is -3.78. The number of carbonyl (C=O) groups excluding carboxylic acids is 1. The predicted octanol–water partition coefficient (Wildman–Crippen LogP) is 5.19. The second-order valence-electron chi connectivity index (χ2n) is 9.35. The molecule has 0 radical (unpaired) electrons. The maximum absolute atomic E-state index is 13.4. The molecule has 0 N–H and O–H groups in total. The van der Waals surface area contributed by atoms with E-state index in [9.17, 15) is 17.6 Å². The van der Waals surface area contributed by atoms with Crippen LogP contribution < -0.4 is 0 Å². The van der Waals surface area contributed by atoms with Crippen molar-refractivity contribution in [2.45, 2.75) is 62.9 Å². The molecule has 2 aliphatic rings. The fourth-order valence-corrected chi connectivity index (χ4v) is 6.08. The van der Waals surface area contributed by atoms with Crippen molar-refractivity contribution in [3.8, 4) is 0 Å². The fraction of sp³-hybridized carbons (Fsp3) is 0.480. The summed E-state index contributed by atoms with van der Waals surface area (Å²) < 4.78 is 40.7. The third-order valence-electron chi connectivity index (χ3n) is 6.60. The van der Waals surface area contributed by atoms with Gasteiger partial charge in [-0.25, -0.2) is 12.8 Å². The predicted molar refractivity (Wildman–Crippen MR) is 127 cm³/mol. The highest BCUT2D eigenvalue weighted by molar-refractivity contribution is 7.89. The Labute approximate surface area is 200 Å². The van der Waals surface area contributed by atoms with Crippen LogP contribution in [0.25, 0.3) is 0 Å². The zero-order chi connectivity index (χ0) is 23.8. The zero-order valence-corrected chi connectivity index (χ0v) is 20.6. The van der Waals surface area contributed by atoms with Crippen LogP contribution in [0.4, 0.5) is 4.39 Å². The average Bonchev–Trinajstić information content (AvgIpc) is 3.64. The van der Waals surface area contributed by atoms with Gasteiger partial charge in [0, 0.05) is 31.6 Å². The fourth-order valence-electron chi connectivity index (χ4n) is 4.34. The van der Waals surface area contributed by atoms with Gasteiger partial charge >= 0.3 is 0 Å². The Morgan fingerprint density at radius 3 is 2.27 bits per heavy atom. The van der Waals surface area contributed by atoms with E-state index in [1.165, 1.54) is 15.9 Å². The molecule has 8 heteroatoms. The summed E-state index contributed by atoms with van der Waals surface area (Å²) in [5.74, 6) is -0.261. The standard InChI is InChI=1S/C25H30ClFN2O3S/c1-17(2)19-5-3-18(4-6-19)16-29(21-7-8-21)25(30)20-11-13-28(14-12-20)33(31,32)22-9-10-24(27)23(26)15-22/h3-6,9-10,15,17,20-21H,7-8,11-14,16H2,1-2H3. The smallest absolute Gasteiger partial charge is 0.243 e. The van der Waals surface area contributed by atoms with Crippen molar-refractivity contribution >= 4 is 27.5 Å². The van der Waals surface area contributed by atoms with Gasteiger partial charge in [-0.1, -0.05) is 49.7 Å². The van der Waals surface area contributed by atoms with E-state index in [2.05, 4.69) is 38.1 Å². The number of halogens is 2. The van der Waals surface area contributed by atoms with Gasteiger partial charge < -0.3 is 4.90 Å². The molecule has 2 fully saturated rings. The van der Waals surface area contributed by atoms with Crippen LogP contribution in [0, 0.1) is 11.7 Å². The third kappa shape index (κ3) is 5.42. The lowest BCUT2D eigenvalue weighted by atomic mass is 9.96. The quantitative estimate of drug-likeness (QED) is 0.534. The molecule has 1 saturated heterocycles. The number of amides is 1. The van der Waals surface area contributed by atoms with Gasteiger partial charge in [0.2, 0.25) is 15.9 Å². The molecule has 1 amide bonds. The van der Waals surface area contributed by atoms with Crippen molar-refractivity contribution in [2.75, 3.05) is 13.1 Å². The molecule has 33 heavy (non-hydrogen) atoms. The normalized spacial score (nSPS) is 18.0. The van der Waals surface area contributed by atoms with Crippen LogP contribution in [0.1, 0.15) is 56.6 Å². The molecule has 0 aromatic heterocycles. The number of carbonyl (C=O) groups is 1. The number of benzene rings is 2. The van der Waals surface area contributed by atoms with Crippen molar-refractivity contribution in [2.24, 2.45) is 5.92 Å². The van der Waals surface area contributed by atoms with Crippen molar-refractivity contribution < 1.29 is 17.6 Å². The Balaban J connectivity index is 1.40. The van der Waals surface area contributed by atoms with Gasteiger partial charge in [0.25, 0.3) is 0 Å². The summed E-state index contributed by atoms with van der Waals surface area (Å²) >= 11 is 5.78. The summed E-state index contributed by atoms with van der Waals surface area (Å²) in [4.78, 5) is 15.3. The lowest BCUT2D eigenvalue weighted by Gasteiger charge is -2.34. The molecule has 1 saturated carbocycles. The Morgan fingerprint density at radius 1 is 1.09 bits per heavy atom. The van der Waals surface area contributed by atoms with Crippen LogP contribution in [0.2, 0.25) is 5.02 Å². The maximum Gasteiger partial charge on any atom is 0.243 e. The van der Waals surface area contributed by atoms with Gasteiger partial charge in [0.15, 0.2) is 0 Å². The second-order valence-corrected chi connectivity index (χ2v) is 11.7. The molecule has 2 aromatic carbocycles. The molecule has 4 rings (SSSR count). The van der Waals surface area contributed by atoms with Crippen LogP contribution in [-0.2, 0) is 21.4 Å². The molecule has 0 spiro atoms. The topological polar surface area (TPSA) is 57.7 Å². The minimum absolute atomic E-state index is 0.0249. The molecular formula is C25H30ClFN2O3S. The lowest BCUT2D eigenvalue weighted by Crippen LogP contribution is -2.44. The first kappa shape index (κ1) is 24.2. The van der Waals surface area contributed by atoms with Crippen molar-refractivity contribution in [1.29, 1.82) is 0 Å².